The quantitative estimate of drug-likeness (QED) is 0.630. The van der Waals surface area contributed by atoms with Gasteiger partial charge in [-0.1, -0.05) is 43.2 Å². The third kappa shape index (κ3) is 4.27. The molecule has 0 bridgehead atoms. The van der Waals surface area contributed by atoms with E-state index in [0.717, 1.165) is 18.4 Å². The zero-order valence-corrected chi connectivity index (χ0v) is 12.2. The maximum Gasteiger partial charge on any atom is 0.191 e. The van der Waals surface area contributed by atoms with Crippen molar-refractivity contribution < 1.29 is 0 Å². The van der Waals surface area contributed by atoms with Gasteiger partial charge in [0.15, 0.2) is 5.96 Å². The molecule has 1 saturated carbocycles. The number of aryl methyl sites for hydroxylation is 1. The molecule has 3 nitrogen and oxygen atoms in total. The first kappa shape index (κ1) is 13.9. The van der Waals surface area contributed by atoms with Gasteiger partial charge < -0.3 is 10.6 Å². The van der Waals surface area contributed by atoms with Gasteiger partial charge in [-0.05, 0) is 31.2 Å². The minimum absolute atomic E-state index is 0.628. The highest BCUT2D eigenvalue weighted by Crippen LogP contribution is 2.34. The number of benzene rings is 1. The number of hydrogen-bond acceptors (Lipinski definition) is 1. The van der Waals surface area contributed by atoms with Gasteiger partial charge in [-0.25, -0.2) is 0 Å². The van der Waals surface area contributed by atoms with Crippen molar-refractivity contribution in [2.75, 3.05) is 7.05 Å². The Morgan fingerprint density at radius 3 is 2.95 bits per heavy atom. The lowest BCUT2D eigenvalue weighted by Gasteiger charge is -2.12. The summed E-state index contributed by atoms with van der Waals surface area (Å²) in [5, 5.41) is 6.89. The van der Waals surface area contributed by atoms with Crippen LogP contribution in [0, 0.1) is 12.8 Å². The smallest absolute Gasteiger partial charge is 0.191 e. The summed E-state index contributed by atoms with van der Waals surface area (Å²) in [6.45, 7) is 5.20. The van der Waals surface area contributed by atoms with Gasteiger partial charge in [0.2, 0.25) is 0 Å². The van der Waals surface area contributed by atoms with E-state index in [2.05, 4.69) is 53.7 Å². The molecule has 0 aromatic heterocycles. The lowest BCUT2D eigenvalue weighted by Crippen LogP contribution is -2.38. The van der Waals surface area contributed by atoms with E-state index in [1.54, 1.807) is 0 Å². The Balaban J connectivity index is 1.78. The van der Waals surface area contributed by atoms with Crippen LogP contribution in [-0.4, -0.2) is 19.0 Å². The average Bonchev–Trinajstić information content (AvgIpc) is 3.13. The third-order valence-electron chi connectivity index (χ3n) is 3.67. The van der Waals surface area contributed by atoms with Crippen molar-refractivity contribution in [2.24, 2.45) is 10.9 Å². The Labute approximate surface area is 116 Å². The highest BCUT2D eigenvalue weighted by atomic mass is 15.2. The molecule has 2 rings (SSSR count). The summed E-state index contributed by atoms with van der Waals surface area (Å²) in [7, 11) is 1.84. The maximum absolute atomic E-state index is 4.29. The van der Waals surface area contributed by atoms with E-state index in [1.807, 2.05) is 7.05 Å². The molecule has 104 valence electrons. The molecular weight excluding hydrogens is 234 g/mol. The van der Waals surface area contributed by atoms with Crippen molar-refractivity contribution in [1.82, 2.24) is 10.6 Å². The number of nitrogens with one attached hydrogen (secondary N) is 2. The summed E-state index contributed by atoms with van der Waals surface area (Å²) in [6.07, 6.45) is 3.89. The molecule has 3 heteroatoms. The molecule has 0 saturated heterocycles. The second-order valence-electron chi connectivity index (χ2n) is 5.45. The monoisotopic (exact) mass is 259 g/mol. The Hall–Kier alpha value is -1.51. The first-order chi connectivity index (χ1) is 9.22. The number of guanidine groups is 1. The molecule has 2 N–H and O–H groups in total. The standard InChI is InChI=1S/C16H25N3/c1-4-6-14-10-15(14)19-16(17-3)18-11-13-8-5-7-12(2)9-13/h5,7-9,14-15H,4,6,10-11H2,1-3H3,(H2,17,18,19). The van der Waals surface area contributed by atoms with Crippen LogP contribution < -0.4 is 10.6 Å². The SMILES string of the molecule is CCCC1CC1NC(=NC)NCc1cccc(C)c1. The lowest BCUT2D eigenvalue weighted by molar-refractivity contribution is 0.655. The molecule has 1 aromatic rings. The van der Waals surface area contributed by atoms with Gasteiger partial charge in [0, 0.05) is 19.6 Å². The van der Waals surface area contributed by atoms with Crippen LogP contribution in [0.5, 0.6) is 0 Å². The zero-order valence-electron chi connectivity index (χ0n) is 12.2. The van der Waals surface area contributed by atoms with Gasteiger partial charge in [0.05, 0.1) is 0 Å². The zero-order chi connectivity index (χ0) is 13.7. The first-order valence-electron chi connectivity index (χ1n) is 7.25. The van der Waals surface area contributed by atoms with Crippen LogP contribution in [0.15, 0.2) is 29.3 Å². The fourth-order valence-electron chi connectivity index (χ4n) is 2.49. The van der Waals surface area contributed by atoms with E-state index >= 15 is 0 Å². The van der Waals surface area contributed by atoms with Gasteiger partial charge in [0.25, 0.3) is 0 Å². The van der Waals surface area contributed by atoms with E-state index in [4.69, 9.17) is 0 Å². The number of rotatable bonds is 5. The molecule has 2 unspecified atom stereocenters. The summed E-state index contributed by atoms with van der Waals surface area (Å²) in [6, 6.07) is 9.20. The second kappa shape index (κ2) is 6.60. The Kier molecular flexibility index (Phi) is 4.83. The normalized spacial score (nSPS) is 22.2. The topological polar surface area (TPSA) is 36.4 Å². The molecule has 1 aliphatic rings. The minimum Gasteiger partial charge on any atom is -0.353 e. The van der Waals surface area contributed by atoms with Gasteiger partial charge in [-0.15, -0.1) is 0 Å². The van der Waals surface area contributed by atoms with Crippen molar-refractivity contribution in [3.05, 3.63) is 35.4 Å². The molecule has 1 fully saturated rings. The van der Waals surface area contributed by atoms with E-state index in [0.29, 0.717) is 6.04 Å². The van der Waals surface area contributed by atoms with E-state index in [9.17, 15) is 0 Å². The van der Waals surface area contributed by atoms with E-state index in [1.165, 1.54) is 30.4 Å². The molecule has 0 spiro atoms. The Morgan fingerprint density at radius 2 is 2.26 bits per heavy atom. The van der Waals surface area contributed by atoms with Gasteiger partial charge in [0.1, 0.15) is 0 Å². The number of nitrogens with zero attached hydrogens (tertiary/aromatic N) is 1. The predicted molar refractivity (Wildman–Crippen MR) is 81.3 cm³/mol. The fourth-order valence-corrected chi connectivity index (χ4v) is 2.49. The van der Waals surface area contributed by atoms with Gasteiger partial charge in [-0.2, -0.15) is 0 Å². The van der Waals surface area contributed by atoms with Gasteiger partial charge >= 0.3 is 0 Å². The van der Waals surface area contributed by atoms with Crippen molar-refractivity contribution in [3.63, 3.8) is 0 Å². The number of hydrogen-bond donors (Lipinski definition) is 2. The number of aliphatic imine (C=N–C) groups is 1. The van der Waals surface area contributed by atoms with E-state index in [-0.39, 0.29) is 0 Å². The molecule has 0 heterocycles. The Morgan fingerprint density at radius 1 is 1.42 bits per heavy atom. The van der Waals surface area contributed by atoms with Crippen LogP contribution in [0.1, 0.15) is 37.3 Å². The maximum atomic E-state index is 4.29. The summed E-state index contributed by atoms with van der Waals surface area (Å²) in [5.41, 5.74) is 2.59. The molecule has 19 heavy (non-hydrogen) atoms. The summed E-state index contributed by atoms with van der Waals surface area (Å²) in [5.74, 6) is 1.77. The highest BCUT2D eigenvalue weighted by Gasteiger charge is 2.36. The molecule has 2 atom stereocenters. The van der Waals surface area contributed by atoms with Gasteiger partial charge in [-0.3, -0.25) is 4.99 Å². The highest BCUT2D eigenvalue weighted by molar-refractivity contribution is 5.80. The fraction of sp³-hybridized carbons (Fsp3) is 0.562. The van der Waals surface area contributed by atoms with Crippen LogP contribution >= 0.6 is 0 Å². The predicted octanol–water partition coefficient (Wildman–Crippen LogP) is 2.85. The molecule has 1 aliphatic carbocycles. The van der Waals surface area contributed by atoms with Crippen LogP contribution in [0.4, 0.5) is 0 Å². The largest absolute Gasteiger partial charge is 0.353 e. The molecule has 0 amide bonds. The molecule has 0 aliphatic heterocycles. The molecule has 1 aromatic carbocycles. The van der Waals surface area contributed by atoms with Crippen LogP contribution in [0.3, 0.4) is 0 Å². The van der Waals surface area contributed by atoms with Crippen molar-refractivity contribution >= 4 is 5.96 Å². The minimum atomic E-state index is 0.628. The third-order valence-corrected chi connectivity index (χ3v) is 3.67. The van der Waals surface area contributed by atoms with Crippen molar-refractivity contribution in [3.8, 4) is 0 Å². The van der Waals surface area contributed by atoms with Crippen LogP contribution in [0.25, 0.3) is 0 Å². The first-order valence-corrected chi connectivity index (χ1v) is 7.25. The second-order valence-corrected chi connectivity index (χ2v) is 5.45. The Bertz CT molecular complexity index is 439. The average molecular weight is 259 g/mol. The van der Waals surface area contributed by atoms with Crippen molar-refractivity contribution in [2.45, 2.75) is 45.7 Å². The lowest BCUT2D eigenvalue weighted by atomic mass is 10.1. The van der Waals surface area contributed by atoms with E-state index < -0.39 is 0 Å². The summed E-state index contributed by atoms with van der Waals surface area (Å²) in [4.78, 5) is 4.29. The van der Waals surface area contributed by atoms with Crippen LogP contribution in [0.2, 0.25) is 0 Å². The molecular formula is C16H25N3. The van der Waals surface area contributed by atoms with Crippen LogP contribution in [-0.2, 0) is 6.54 Å². The molecule has 0 radical (unpaired) electrons. The summed E-state index contributed by atoms with van der Waals surface area (Å²) >= 11 is 0. The van der Waals surface area contributed by atoms with Crippen molar-refractivity contribution in [1.29, 1.82) is 0 Å². The summed E-state index contributed by atoms with van der Waals surface area (Å²) < 4.78 is 0.